The summed E-state index contributed by atoms with van der Waals surface area (Å²) in [5.74, 6) is 0.824. The molecule has 2 rings (SSSR count). The zero-order chi connectivity index (χ0) is 10.9. The van der Waals surface area contributed by atoms with Gasteiger partial charge in [-0.1, -0.05) is 26.0 Å². The van der Waals surface area contributed by atoms with E-state index in [9.17, 15) is 0 Å². The van der Waals surface area contributed by atoms with Crippen molar-refractivity contribution in [1.29, 1.82) is 0 Å². The molecule has 82 valence electrons. The summed E-state index contributed by atoms with van der Waals surface area (Å²) in [6.45, 7) is 5.61. The number of pyridine rings is 1. The van der Waals surface area contributed by atoms with Gasteiger partial charge in [-0.25, -0.2) is 0 Å². The van der Waals surface area contributed by atoms with Crippen molar-refractivity contribution in [2.45, 2.75) is 19.9 Å². The third-order valence-electron chi connectivity index (χ3n) is 1.93. The van der Waals surface area contributed by atoms with E-state index < -0.39 is 0 Å². The summed E-state index contributed by atoms with van der Waals surface area (Å²) in [6.07, 6.45) is 7.69. The van der Waals surface area contributed by atoms with Gasteiger partial charge < -0.3 is 10.1 Å². The number of hydrogen-bond donors (Lipinski definition) is 1. The van der Waals surface area contributed by atoms with Crippen molar-refractivity contribution >= 4 is 0 Å². The first-order valence-corrected chi connectivity index (χ1v) is 5.38. The Kier molecular flexibility index (Phi) is 5.48. The minimum atomic E-state index is 0.347. The standard InChI is InChI=1S/C10H12N2O.C2H6/c1-3-9(12-6-1)8-13-10-4-2-5-11-7-10;1-2/h1-5,7,9,12H,6,8H2;1-2H3. The number of rotatable bonds is 3. The lowest BCUT2D eigenvalue weighted by Crippen LogP contribution is -2.28. The molecule has 3 heteroatoms. The molecule has 0 bridgehead atoms. The van der Waals surface area contributed by atoms with Crippen LogP contribution in [-0.2, 0) is 0 Å². The number of ether oxygens (including phenoxy) is 1. The third-order valence-corrected chi connectivity index (χ3v) is 1.93. The second kappa shape index (κ2) is 7.01. The number of nitrogens with zero attached hydrogens (tertiary/aromatic N) is 1. The van der Waals surface area contributed by atoms with E-state index in [4.69, 9.17) is 4.74 Å². The molecule has 0 amide bonds. The molecule has 0 radical (unpaired) electrons. The van der Waals surface area contributed by atoms with E-state index in [-0.39, 0.29) is 0 Å². The highest BCUT2D eigenvalue weighted by atomic mass is 16.5. The van der Waals surface area contributed by atoms with Crippen LogP contribution >= 0.6 is 0 Å². The van der Waals surface area contributed by atoms with Crippen molar-refractivity contribution in [2.24, 2.45) is 0 Å². The maximum Gasteiger partial charge on any atom is 0.137 e. The number of hydrogen-bond acceptors (Lipinski definition) is 3. The van der Waals surface area contributed by atoms with Crippen LogP contribution in [0.5, 0.6) is 5.75 Å². The van der Waals surface area contributed by atoms with Gasteiger partial charge in [-0.2, -0.15) is 0 Å². The fraction of sp³-hybridized carbons (Fsp3) is 0.417. The van der Waals surface area contributed by atoms with Crippen LogP contribution in [0.15, 0.2) is 36.7 Å². The average molecular weight is 206 g/mol. The van der Waals surface area contributed by atoms with Crippen LogP contribution in [0, 0.1) is 0 Å². The van der Waals surface area contributed by atoms with Crippen molar-refractivity contribution < 1.29 is 4.74 Å². The Bertz CT molecular complexity index is 285. The van der Waals surface area contributed by atoms with Crippen LogP contribution in [0.4, 0.5) is 0 Å². The van der Waals surface area contributed by atoms with Crippen LogP contribution in [0.25, 0.3) is 0 Å². The first kappa shape index (κ1) is 11.7. The van der Waals surface area contributed by atoms with E-state index in [1.165, 1.54) is 0 Å². The summed E-state index contributed by atoms with van der Waals surface area (Å²) >= 11 is 0. The van der Waals surface area contributed by atoms with Crippen LogP contribution in [-0.4, -0.2) is 24.2 Å². The lowest BCUT2D eigenvalue weighted by Gasteiger charge is -2.10. The first-order chi connectivity index (χ1) is 7.45. The van der Waals surface area contributed by atoms with E-state index in [0.29, 0.717) is 12.6 Å². The van der Waals surface area contributed by atoms with Gasteiger partial charge in [0.25, 0.3) is 0 Å². The molecular formula is C12H18N2O. The Labute approximate surface area is 91.2 Å². The molecule has 1 aliphatic rings. The minimum absolute atomic E-state index is 0.347. The molecule has 2 heterocycles. The number of aromatic nitrogens is 1. The third kappa shape index (κ3) is 4.13. The van der Waals surface area contributed by atoms with Crippen molar-refractivity contribution in [3.63, 3.8) is 0 Å². The van der Waals surface area contributed by atoms with Gasteiger partial charge >= 0.3 is 0 Å². The van der Waals surface area contributed by atoms with E-state index in [1.807, 2.05) is 26.0 Å². The Hall–Kier alpha value is -1.35. The molecule has 0 aliphatic carbocycles. The predicted molar refractivity (Wildman–Crippen MR) is 62.0 cm³/mol. The van der Waals surface area contributed by atoms with Gasteiger partial charge in [0, 0.05) is 12.7 Å². The molecule has 1 aliphatic heterocycles. The number of nitrogens with one attached hydrogen (secondary N) is 1. The van der Waals surface area contributed by atoms with Crippen molar-refractivity contribution in [1.82, 2.24) is 10.3 Å². The zero-order valence-electron chi connectivity index (χ0n) is 9.31. The molecule has 1 unspecified atom stereocenters. The largest absolute Gasteiger partial charge is 0.490 e. The fourth-order valence-corrected chi connectivity index (χ4v) is 1.25. The molecule has 15 heavy (non-hydrogen) atoms. The Balaban J connectivity index is 0.000000531. The molecule has 0 spiro atoms. The van der Waals surface area contributed by atoms with Gasteiger partial charge in [0.2, 0.25) is 0 Å². The molecule has 1 atom stereocenters. The lowest BCUT2D eigenvalue weighted by atomic mass is 10.3. The summed E-state index contributed by atoms with van der Waals surface area (Å²) in [7, 11) is 0. The van der Waals surface area contributed by atoms with Gasteiger partial charge in [-0.15, -0.1) is 0 Å². The lowest BCUT2D eigenvalue weighted by molar-refractivity contribution is 0.292. The molecule has 1 aromatic heterocycles. The normalized spacial score (nSPS) is 18.1. The highest BCUT2D eigenvalue weighted by Crippen LogP contribution is 2.07. The summed E-state index contributed by atoms with van der Waals surface area (Å²) < 4.78 is 5.51. The van der Waals surface area contributed by atoms with E-state index >= 15 is 0 Å². The highest BCUT2D eigenvalue weighted by molar-refractivity contribution is 5.16. The van der Waals surface area contributed by atoms with E-state index in [1.54, 1.807) is 12.4 Å². The molecule has 0 fully saturated rings. The van der Waals surface area contributed by atoms with Crippen LogP contribution in [0.1, 0.15) is 13.8 Å². The second-order valence-electron chi connectivity index (χ2n) is 2.94. The summed E-state index contributed by atoms with van der Waals surface area (Å²) in [5, 5.41) is 3.27. The molecule has 3 nitrogen and oxygen atoms in total. The monoisotopic (exact) mass is 206 g/mol. The molecular weight excluding hydrogens is 188 g/mol. The Morgan fingerprint density at radius 2 is 2.40 bits per heavy atom. The minimum Gasteiger partial charge on any atom is -0.490 e. The highest BCUT2D eigenvalue weighted by Gasteiger charge is 2.07. The second-order valence-corrected chi connectivity index (χ2v) is 2.94. The summed E-state index contributed by atoms with van der Waals surface area (Å²) in [4.78, 5) is 3.97. The van der Waals surface area contributed by atoms with Crippen LogP contribution in [0.3, 0.4) is 0 Å². The van der Waals surface area contributed by atoms with Crippen LogP contribution < -0.4 is 10.1 Å². The smallest absolute Gasteiger partial charge is 0.137 e. The maximum atomic E-state index is 5.51. The maximum absolute atomic E-state index is 5.51. The topological polar surface area (TPSA) is 34.1 Å². The molecule has 1 N–H and O–H groups in total. The molecule has 0 aromatic carbocycles. The van der Waals surface area contributed by atoms with E-state index in [2.05, 4.69) is 22.5 Å². The quantitative estimate of drug-likeness (QED) is 0.768. The van der Waals surface area contributed by atoms with Gasteiger partial charge in [0.05, 0.1) is 12.2 Å². The Morgan fingerprint density at radius 3 is 3.00 bits per heavy atom. The van der Waals surface area contributed by atoms with Crippen LogP contribution in [0.2, 0.25) is 0 Å². The van der Waals surface area contributed by atoms with Gasteiger partial charge in [0.1, 0.15) is 12.4 Å². The van der Waals surface area contributed by atoms with Gasteiger partial charge in [-0.3, -0.25) is 4.98 Å². The SMILES string of the molecule is C1=CC(COc2cccnc2)NC1.CC. The first-order valence-electron chi connectivity index (χ1n) is 5.38. The molecule has 1 aromatic rings. The molecule has 0 saturated carbocycles. The van der Waals surface area contributed by atoms with Crippen molar-refractivity contribution in [2.75, 3.05) is 13.2 Å². The zero-order valence-corrected chi connectivity index (χ0v) is 9.31. The average Bonchev–Trinajstić information content (AvgIpc) is 2.83. The van der Waals surface area contributed by atoms with Gasteiger partial charge in [0.15, 0.2) is 0 Å². The van der Waals surface area contributed by atoms with E-state index in [0.717, 1.165) is 12.3 Å². The Morgan fingerprint density at radius 1 is 1.53 bits per heavy atom. The summed E-state index contributed by atoms with van der Waals surface area (Å²) in [5.41, 5.74) is 0. The summed E-state index contributed by atoms with van der Waals surface area (Å²) in [6, 6.07) is 4.12. The van der Waals surface area contributed by atoms with Crippen molar-refractivity contribution in [3.8, 4) is 5.75 Å². The van der Waals surface area contributed by atoms with Gasteiger partial charge in [-0.05, 0) is 12.1 Å². The predicted octanol–water partition coefficient (Wildman–Crippen LogP) is 2.01. The molecule has 0 saturated heterocycles. The van der Waals surface area contributed by atoms with Crippen molar-refractivity contribution in [3.05, 3.63) is 36.7 Å². The fourth-order valence-electron chi connectivity index (χ4n) is 1.25.